The average Bonchev–Trinajstić information content (AvgIpc) is 3.24. The van der Waals surface area contributed by atoms with Crippen molar-refractivity contribution < 1.29 is 4.79 Å². The van der Waals surface area contributed by atoms with Gasteiger partial charge in [0.25, 0.3) is 5.91 Å². The van der Waals surface area contributed by atoms with Crippen LogP contribution in [0, 0.1) is 0 Å². The topological polar surface area (TPSA) is 67.2 Å². The highest BCUT2D eigenvalue weighted by Crippen LogP contribution is 2.22. The molecule has 26 heavy (non-hydrogen) atoms. The molecule has 1 fully saturated rings. The van der Waals surface area contributed by atoms with Crippen molar-refractivity contribution >= 4 is 11.6 Å². The average molecular weight is 348 g/mol. The van der Waals surface area contributed by atoms with Crippen LogP contribution in [0.1, 0.15) is 11.6 Å². The van der Waals surface area contributed by atoms with Gasteiger partial charge in [0.1, 0.15) is 6.33 Å². The number of piperazine rings is 1. The lowest BCUT2D eigenvalue weighted by Crippen LogP contribution is -2.50. The highest BCUT2D eigenvalue weighted by molar-refractivity contribution is 5.83. The lowest BCUT2D eigenvalue weighted by atomic mass is 10.1. The molecule has 7 heteroatoms. The first-order valence-corrected chi connectivity index (χ1v) is 8.69. The van der Waals surface area contributed by atoms with E-state index in [0.29, 0.717) is 13.1 Å². The Balaban J connectivity index is 1.51. The van der Waals surface area contributed by atoms with Crippen LogP contribution in [0.2, 0.25) is 0 Å². The Kier molecular flexibility index (Phi) is 4.59. The molecule has 1 aliphatic heterocycles. The number of amides is 1. The van der Waals surface area contributed by atoms with Gasteiger partial charge in [0.2, 0.25) is 0 Å². The van der Waals surface area contributed by atoms with Gasteiger partial charge >= 0.3 is 0 Å². The second-order valence-electron chi connectivity index (χ2n) is 6.25. The van der Waals surface area contributed by atoms with E-state index in [9.17, 15) is 4.79 Å². The number of nitrogens with zero attached hydrogens (tertiary/aromatic N) is 6. The van der Waals surface area contributed by atoms with Crippen LogP contribution < -0.4 is 4.90 Å². The van der Waals surface area contributed by atoms with E-state index >= 15 is 0 Å². The third-order valence-electron chi connectivity index (χ3n) is 4.69. The zero-order chi connectivity index (χ0) is 17.8. The molecule has 0 unspecified atom stereocenters. The Labute approximate surface area is 151 Å². The fourth-order valence-corrected chi connectivity index (χ4v) is 3.33. The summed E-state index contributed by atoms with van der Waals surface area (Å²) in [6.45, 7) is 2.98. The Hall–Kier alpha value is -3.22. The minimum atomic E-state index is -0.533. The number of benzene rings is 2. The van der Waals surface area contributed by atoms with Crippen LogP contribution in [0.3, 0.4) is 0 Å². The van der Waals surface area contributed by atoms with Crippen LogP contribution in [-0.4, -0.2) is 57.2 Å². The summed E-state index contributed by atoms with van der Waals surface area (Å²) < 4.78 is 1.53. The molecule has 3 aromatic rings. The van der Waals surface area contributed by atoms with Crippen LogP contribution >= 0.6 is 0 Å². The summed E-state index contributed by atoms with van der Waals surface area (Å²) >= 11 is 0. The maximum atomic E-state index is 13.2. The SMILES string of the molecule is O=C([C@H](c1ccccc1)n1cnnn1)N1CCN(c2ccccc2)CC1. The Morgan fingerprint density at radius 3 is 2.15 bits per heavy atom. The quantitative estimate of drug-likeness (QED) is 0.717. The smallest absolute Gasteiger partial charge is 0.252 e. The zero-order valence-corrected chi connectivity index (χ0v) is 14.3. The number of hydrogen-bond donors (Lipinski definition) is 0. The molecule has 0 spiro atoms. The third kappa shape index (κ3) is 3.28. The van der Waals surface area contributed by atoms with E-state index in [1.807, 2.05) is 53.4 Å². The van der Waals surface area contributed by atoms with Crippen LogP contribution in [0.15, 0.2) is 67.0 Å². The molecule has 1 aromatic heterocycles. The van der Waals surface area contributed by atoms with Crippen molar-refractivity contribution in [2.75, 3.05) is 31.1 Å². The van der Waals surface area contributed by atoms with Gasteiger partial charge in [-0.2, -0.15) is 0 Å². The molecule has 1 saturated heterocycles. The van der Waals surface area contributed by atoms with Crippen LogP contribution in [-0.2, 0) is 4.79 Å². The number of rotatable bonds is 4. The molecule has 4 rings (SSSR count). The number of carbonyl (C=O) groups is 1. The minimum Gasteiger partial charge on any atom is -0.368 e. The van der Waals surface area contributed by atoms with E-state index in [-0.39, 0.29) is 5.91 Å². The summed E-state index contributed by atoms with van der Waals surface area (Å²) in [5, 5.41) is 11.4. The summed E-state index contributed by atoms with van der Waals surface area (Å²) in [4.78, 5) is 17.4. The van der Waals surface area contributed by atoms with Gasteiger partial charge in [-0.15, -0.1) is 5.10 Å². The summed E-state index contributed by atoms with van der Waals surface area (Å²) in [6.07, 6.45) is 1.50. The monoisotopic (exact) mass is 348 g/mol. The van der Waals surface area contributed by atoms with Crippen molar-refractivity contribution in [3.63, 3.8) is 0 Å². The van der Waals surface area contributed by atoms with Crippen LogP contribution in [0.4, 0.5) is 5.69 Å². The van der Waals surface area contributed by atoms with E-state index in [1.54, 1.807) is 0 Å². The molecule has 2 heterocycles. The predicted molar refractivity (Wildman–Crippen MR) is 97.6 cm³/mol. The van der Waals surface area contributed by atoms with Gasteiger partial charge in [-0.1, -0.05) is 48.5 Å². The van der Waals surface area contributed by atoms with Gasteiger partial charge in [-0.25, -0.2) is 4.68 Å². The number of aromatic nitrogens is 4. The van der Waals surface area contributed by atoms with E-state index in [4.69, 9.17) is 0 Å². The Morgan fingerprint density at radius 2 is 1.54 bits per heavy atom. The standard InChI is InChI=1S/C19H20N6O/c26-19(18(25-15-20-21-22-25)16-7-3-1-4-8-16)24-13-11-23(12-14-24)17-9-5-2-6-10-17/h1-10,15,18H,11-14H2/t18-/m0/s1. The van der Waals surface area contributed by atoms with E-state index in [2.05, 4.69) is 32.6 Å². The molecule has 0 saturated carbocycles. The molecule has 0 N–H and O–H groups in total. The number of hydrogen-bond acceptors (Lipinski definition) is 5. The normalized spacial score (nSPS) is 15.7. The first-order chi connectivity index (χ1) is 12.8. The number of para-hydroxylation sites is 1. The minimum absolute atomic E-state index is 0.0243. The van der Waals surface area contributed by atoms with Crippen molar-refractivity contribution in [1.29, 1.82) is 0 Å². The van der Waals surface area contributed by atoms with E-state index < -0.39 is 6.04 Å². The van der Waals surface area contributed by atoms with Gasteiger partial charge in [-0.05, 0) is 28.1 Å². The highest BCUT2D eigenvalue weighted by atomic mass is 16.2. The fraction of sp³-hybridized carbons (Fsp3) is 0.263. The maximum absolute atomic E-state index is 13.2. The largest absolute Gasteiger partial charge is 0.368 e. The van der Waals surface area contributed by atoms with Gasteiger partial charge in [0.15, 0.2) is 6.04 Å². The van der Waals surface area contributed by atoms with Crippen LogP contribution in [0.5, 0.6) is 0 Å². The molecule has 132 valence electrons. The third-order valence-corrected chi connectivity index (χ3v) is 4.69. The summed E-state index contributed by atoms with van der Waals surface area (Å²) in [5.41, 5.74) is 2.08. The summed E-state index contributed by atoms with van der Waals surface area (Å²) in [5.74, 6) is 0.0243. The zero-order valence-electron chi connectivity index (χ0n) is 14.3. The molecule has 1 aliphatic rings. The van der Waals surface area contributed by atoms with Crippen LogP contribution in [0.25, 0.3) is 0 Å². The number of carbonyl (C=O) groups excluding carboxylic acids is 1. The molecule has 7 nitrogen and oxygen atoms in total. The molecular formula is C19H20N6O. The summed E-state index contributed by atoms with van der Waals surface area (Å²) in [7, 11) is 0. The van der Waals surface area contributed by atoms with Gasteiger partial charge in [0.05, 0.1) is 0 Å². The first kappa shape index (κ1) is 16.3. The highest BCUT2D eigenvalue weighted by Gasteiger charge is 2.30. The fourth-order valence-electron chi connectivity index (χ4n) is 3.33. The molecular weight excluding hydrogens is 328 g/mol. The summed E-state index contributed by atoms with van der Waals surface area (Å²) in [6, 6.07) is 19.4. The van der Waals surface area contributed by atoms with Crippen molar-refractivity contribution in [1.82, 2.24) is 25.1 Å². The second-order valence-corrected chi connectivity index (χ2v) is 6.25. The van der Waals surface area contributed by atoms with Gasteiger partial charge in [-0.3, -0.25) is 4.79 Å². The van der Waals surface area contributed by atoms with E-state index in [0.717, 1.165) is 18.7 Å². The molecule has 1 amide bonds. The maximum Gasteiger partial charge on any atom is 0.252 e. The van der Waals surface area contributed by atoms with Crippen molar-refractivity contribution in [3.8, 4) is 0 Å². The van der Waals surface area contributed by atoms with E-state index in [1.165, 1.54) is 16.7 Å². The molecule has 0 bridgehead atoms. The molecule has 2 aromatic carbocycles. The predicted octanol–water partition coefficient (Wildman–Crippen LogP) is 1.61. The number of tetrazole rings is 1. The number of anilines is 1. The van der Waals surface area contributed by atoms with Gasteiger partial charge < -0.3 is 9.80 Å². The van der Waals surface area contributed by atoms with Crippen molar-refractivity contribution in [2.45, 2.75) is 6.04 Å². The Morgan fingerprint density at radius 1 is 0.885 bits per heavy atom. The Bertz CT molecular complexity index is 829. The van der Waals surface area contributed by atoms with Gasteiger partial charge in [0, 0.05) is 31.9 Å². The van der Waals surface area contributed by atoms with Crippen molar-refractivity contribution in [2.24, 2.45) is 0 Å². The lowest BCUT2D eigenvalue weighted by molar-refractivity contribution is -0.134. The molecule has 0 aliphatic carbocycles. The first-order valence-electron chi connectivity index (χ1n) is 8.69. The molecule has 1 atom stereocenters. The second kappa shape index (κ2) is 7.35. The molecule has 0 radical (unpaired) electrons. The van der Waals surface area contributed by atoms with Crippen molar-refractivity contribution in [3.05, 3.63) is 72.6 Å². The lowest BCUT2D eigenvalue weighted by Gasteiger charge is -2.37.